The number of imidazole rings is 1. The van der Waals surface area contributed by atoms with Gasteiger partial charge < -0.3 is 19.9 Å². The standard InChI is InChI=1S/C16H18N6O3/c17-13(23)12-9-22-8-5-19-15(22)16(25-12)2-6-21(7-3-16)14(24)11-1-4-18-10-20-11/h1,4-5,8,10,12H,2-3,6-7,9H2,(H2,17,23)/t12-/m0/s1. The highest BCUT2D eigenvalue weighted by Gasteiger charge is 2.47. The Hall–Kier alpha value is -2.81. The van der Waals surface area contributed by atoms with Crippen LogP contribution in [-0.2, 0) is 21.7 Å². The summed E-state index contributed by atoms with van der Waals surface area (Å²) in [6, 6.07) is 1.60. The second-order valence-electron chi connectivity index (χ2n) is 6.29. The average molecular weight is 342 g/mol. The molecule has 9 heteroatoms. The number of fused-ring (bicyclic) bond motifs is 2. The smallest absolute Gasteiger partial charge is 0.272 e. The van der Waals surface area contributed by atoms with Gasteiger partial charge in [0.05, 0.1) is 6.54 Å². The van der Waals surface area contributed by atoms with E-state index in [0.717, 1.165) is 5.82 Å². The van der Waals surface area contributed by atoms with E-state index in [1.54, 1.807) is 23.4 Å². The number of hydrogen-bond donors (Lipinski definition) is 1. The molecule has 0 aromatic carbocycles. The lowest BCUT2D eigenvalue weighted by atomic mass is 9.88. The molecule has 2 N–H and O–H groups in total. The first-order chi connectivity index (χ1) is 12.1. The summed E-state index contributed by atoms with van der Waals surface area (Å²) in [6.45, 7) is 1.35. The molecular formula is C16H18N6O3. The Morgan fingerprint density at radius 2 is 2.04 bits per heavy atom. The lowest BCUT2D eigenvalue weighted by Crippen LogP contribution is -2.54. The Kier molecular flexibility index (Phi) is 3.72. The van der Waals surface area contributed by atoms with Gasteiger partial charge in [-0.25, -0.2) is 15.0 Å². The summed E-state index contributed by atoms with van der Waals surface area (Å²) in [7, 11) is 0. The second-order valence-corrected chi connectivity index (χ2v) is 6.29. The number of carbonyl (C=O) groups excluding carboxylic acids is 2. The van der Waals surface area contributed by atoms with E-state index in [-0.39, 0.29) is 5.91 Å². The van der Waals surface area contributed by atoms with Gasteiger partial charge in [-0.05, 0) is 6.07 Å². The van der Waals surface area contributed by atoms with Crippen LogP contribution >= 0.6 is 0 Å². The summed E-state index contributed by atoms with van der Waals surface area (Å²) >= 11 is 0. The van der Waals surface area contributed by atoms with Gasteiger partial charge in [0.2, 0.25) is 5.91 Å². The van der Waals surface area contributed by atoms with Gasteiger partial charge in [-0.3, -0.25) is 9.59 Å². The minimum absolute atomic E-state index is 0.136. The molecule has 1 spiro atoms. The van der Waals surface area contributed by atoms with E-state index in [9.17, 15) is 9.59 Å². The fourth-order valence-corrected chi connectivity index (χ4v) is 3.54. The van der Waals surface area contributed by atoms with Crippen molar-refractivity contribution in [2.75, 3.05) is 13.1 Å². The van der Waals surface area contributed by atoms with Crippen LogP contribution in [0.15, 0.2) is 31.0 Å². The maximum atomic E-state index is 12.5. The van der Waals surface area contributed by atoms with Gasteiger partial charge >= 0.3 is 0 Å². The topological polar surface area (TPSA) is 116 Å². The predicted molar refractivity (Wildman–Crippen MR) is 85.1 cm³/mol. The first-order valence-electron chi connectivity index (χ1n) is 8.13. The number of ether oxygens (including phenoxy) is 1. The van der Waals surface area contributed by atoms with Crippen LogP contribution in [0.25, 0.3) is 0 Å². The Labute approximate surface area is 143 Å². The molecule has 1 saturated heterocycles. The number of amides is 2. The lowest BCUT2D eigenvalue weighted by Gasteiger charge is -2.45. The van der Waals surface area contributed by atoms with Gasteiger partial charge in [0, 0.05) is 44.5 Å². The molecule has 4 heterocycles. The van der Waals surface area contributed by atoms with E-state index >= 15 is 0 Å². The third-order valence-corrected chi connectivity index (χ3v) is 4.83. The number of aromatic nitrogens is 4. The van der Waals surface area contributed by atoms with Crippen LogP contribution in [-0.4, -0.2) is 55.4 Å². The molecule has 2 aromatic rings. The number of primary amides is 1. The molecule has 1 atom stereocenters. The summed E-state index contributed by atoms with van der Waals surface area (Å²) in [5, 5.41) is 0. The monoisotopic (exact) mass is 342 g/mol. The number of carbonyl (C=O) groups is 2. The Bertz CT molecular complexity index is 797. The molecule has 0 saturated carbocycles. The highest BCUT2D eigenvalue weighted by atomic mass is 16.5. The summed E-state index contributed by atoms with van der Waals surface area (Å²) in [5.74, 6) is 0.167. The minimum Gasteiger partial charge on any atom is -0.367 e. The van der Waals surface area contributed by atoms with Crippen molar-refractivity contribution in [3.8, 4) is 0 Å². The van der Waals surface area contributed by atoms with Crippen LogP contribution in [0, 0.1) is 0 Å². The fourth-order valence-electron chi connectivity index (χ4n) is 3.54. The van der Waals surface area contributed by atoms with Crippen molar-refractivity contribution < 1.29 is 14.3 Å². The third-order valence-electron chi connectivity index (χ3n) is 4.83. The molecule has 0 aliphatic carbocycles. The van der Waals surface area contributed by atoms with Crippen molar-refractivity contribution in [3.05, 3.63) is 42.5 Å². The number of nitrogens with zero attached hydrogens (tertiary/aromatic N) is 5. The average Bonchev–Trinajstić information content (AvgIpc) is 3.12. The van der Waals surface area contributed by atoms with E-state index in [4.69, 9.17) is 10.5 Å². The number of rotatable bonds is 2. The molecule has 0 bridgehead atoms. The minimum atomic E-state index is -0.691. The summed E-state index contributed by atoms with van der Waals surface area (Å²) in [6.07, 6.45) is 6.83. The second kappa shape index (κ2) is 5.92. The van der Waals surface area contributed by atoms with Gasteiger partial charge in [-0.2, -0.15) is 0 Å². The Morgan fingerprint density at radius 1 is 1.24 bits per heavy atom. The molecule has 2 aliphatic rings. The van der Waals surface area contributed by atoms with Gasteiger partial charge in [0.1, 0.15) is 23.4 Å². The van der Waals surface area contributed by atoms with E-state index in [0.29, 0.717) is 38.2 Å². The number of nitrogens with two attached hydrogens (primary N) is 1. The molecule has 130 valence electrons. The summed E-state index contributed by atoms with van der Waals surface area (Å²) < 4.78 is 7.99. The number of hydrogen-bond acceptors (Lipinski definition) is 6. The van der Waals surface area contributed by atoms with E-state index in [2.05, 4.69) is 15.0 Å². The zero-order valence-electron chi connectivity index (χ0n) is 13.5. The van der Waals surface area contributed by atoms with Gasteiger partial charge in [0.15, 0.2) is 6.10 Å². The lowest BCUT2D eigenvalue weighted by molar-refractivity contribution is -0.169. The molecule has 25 heavy (non-hydrogen) atoms. The van der Waals surface area contributed by atoms with Crippen LogP contribution in [0.1, 0.15) is 29.2 Å². The molecule has 0 unspecified atom stereocenters. The van der Waals surface area contributed by atoms with Crippen molar-refractivity contribution in [3.63, 3.8) is 0 Å². The van der Waals surface area contributed by atoms with E-state index in [1.807, 2.05) is 10.8 Å². The van der Waals surface area contributed by atoms with Gasteiger partial charge in [0.25, 0.3) is 5.91 Å². The largest absolute Gasteiger partial charge is 0.367 e. The molecule has 0 radical (unpaired) electrons. The van der Waals surface area contributed by atoms with Crippen LogP contribution in [0.4, 0.5) is 0 Å². The van der Waals surface area contributed by atoms with Crippen LogP contribution in [0.2, 0.25) is 0 Å². The summed E-state index contributed by atoms with van der Waals surface area (Å²) in [5.41, 5.74) is 5.14. The number of piperidine rings is 1. The van der Waals surface area contributed by atoms with Crippen LogP contribution in [0.3, 0.4) is 0 Å². The highest BCUT2D eigenvalue weighted by Crippen LogP contribution is 2.40. The van der Waals surface area contributed by atoms with Gasteiger partial charge in [-0.1, -0.05) is 0 Å². The normalized spacial score (nSPS) is 21.8. The molecular weight excluding hydrogens is 324 g/mol. The van der Waals surface area contributed by atoms with Crippen molar-refractivity contribution in [1.82, 2.24) is 24.4 Å². The van der Waals surface area contributed by atoms with Crippen LogP contribution in [0.5, 0.6) is 0 Å². The molecule has 2 aliphatic heterocycles. The highest BCUT2D eigenvalue weighted by molar-refractivity contribution is 5.92. The Balaban J connectivity index is 1.55. The molecule has 9 nitrogen and oxygen atoms in total. The first-order valence-corrected chi connectivity index (χ1v) is 8.13. The zero-order chi connectivity index (χ0) is 17.4. The predicted octanol–water partition coefficient (Wildman–Crippen LogP) is -0.311. The van der Waals surface area contributed by atoms with Crippen molar-refractivity contribution in [2.45, 2.75) is 31.1 Å². The zero-order valence-corrected chi connectivity index (χ0v) is 13.5. The van der Waals surface area contributed by atoms with E-state index < -0.39 is 17.6 Å². The van der Waals surface area contributed by atoms with Crippen LogP contribution < -0.4 is 5.73 Å². The SMILES string of the molecule is NC(=O)[C@@H]1Cn2ccnc2C2(CCN(C(=O)c3ccncn3)CC2)O1. The fraction of sp³-hybridized carbons (Fsp3) is 0.438. The quantitative estimate of drug-likeness (QED) is 0.800. The number of likely N-dealkylation sites (tertiary alicyclic amines) is 1. The maximum Gasteiger partial charge on any atom is 0.272 e. The molecule has 1 fully saturated rings. The molecule has 4 rings (SSSR count). The summed E-state index contributed by atoms with van der Waals surface area (Å²) in [4.78, 5) is 38.2. The van der Waals surface area contributed by atoms with Crippen molar-refractivity contribution >= 4 is 11.8 Å². The molecule has 2 aromatic heterocycles. The maximum absolute atomic E-state index is 12.5. The first kappa shape index (κ1) is 15.7. The van der Waals surface area contributed by atoms with E-state index in [1.165, 1.54) is 6.33 Å². The Morgan fingerprint density at radius 3 is 2.72 bits per heavy atom. The van der Waals surface area contributed by atoms with Gasteiger partial charge in [-0.15, -0.1) is 0 Å². The van der Waals surface area contributed by atoms with Crippen molar-refractivity contribution in [2.24, 2.45) is 5.73 Å². The van der Waals surface area contributed by atoms with Crippen molar-refractivity contribution in [1.29, 1.82) is 0 Å². The molecule has 2 amide bonds. The third kappa shape index (κ3) is 2.66.